The topological polar surface area (TPSA) is 59.8 Å². The molecule has 0 atom stereocenters. The zero-order valence-corrected chi connectivity index (χ0v) is 19.0. The van der Waals surface area contributed by atoms with Gasteiger partial charge in [0.05, 0.1) is 11.3 Å². The number of nitrogens with zero attached hydrogens (tertiary/aromatic N) is 3. The molecule has 0 saturated carbocycles. The Balaban J connectivity index is 1.62. The van der Waals surface area contributed by atoms with E-state index in [9.17, 15) is 9.18 Å². The molecule has 0 bridgehead atoms. The maximum absolute atomic E-state index is 14.5. The van der Waals surface area contributed by atoms with E-state index in [2.05, 4.69) is 31.4 Å². The number of amides is 1. The maximum Gasteiger partial charge on any atom is 0.234 e. The first kappa shape index (κ1) is 21.3. The van der Waals surface area contributed by atoms with Gasteiger partial charge >= 0.3 is 0 Å². The number of carbonyl (C=O) groups is 1. The Hall–Kier alpha value is -2.97. The van der Waals surface area contributed by atoms with E-state index in [1.165, 1.54) is 17.8 Å². The summed E-state index contributed by atoms with van der Waals surface area (Å²) in [5, 5.41) is 11.8. The second-order valence-corrected chi connectivity index (χ2v) is 8.66. The quantitative estimate of drug-likeness (QED) is 0.339. The number of rotatable bonds is 6. The van der Waals surface area contributed by atoms with Crippen LogP contribution in [-0.4, -0.2) is 26.4 Å². The summed E-state index contributed by atoms with van der Waals surface area (Å²) in [6.45, 7) is 2.00. The van der Waals surface area contributed by atoms with Crippen LogP contribution in [0.5, 0.6) is 0 Å². The van der Waals surface area contributed by atoms with Crippen LogP contribution in [0, 0.1) is 12.7 Å². The number of nitrogens with one attached hydrogen (secondary N) is 1. The molecular weight excluding hydrogens is 479 g/mol. The monoisotopic (exact) mass is 496 g/mol. The molecule has 1 amide bonds. The average molecular weight is 497 g/mol. The standard InChI is InChI=1S/C23H18BrFN4OS/c1-15-9-11-18(12-10-15)29-22(19-7-2-3-8-20(19)25)27-28-23(29)31-14-21(30)26-17-6-4-5-16(24)13-17/h2-13H,14H2,1H3,(H,26,30). The lowest BCUT2D eigenvalue weighted by Gasteiger charge is -2.11. The molecule has 1 aromatic heterocycles. The molecule has 5 nitrogen and oxygen atoms in total. The van der Waals surface area contributed by atoms with Crippen molar-refractivity contribution in [2.75, 3.05) is 11.1 Å². The molecule has 0 saturated heterocycles. The third kappa shape index (κ3) is 5.03. The van der Waals surface area contributed by atoms with Crippen molar-refractivity contribution in [2.45, 2.75) is 12.1 Å². The molecular formula is C23H18BrFN4OS. The molecule has 1 N–H and O–H groups in total. The van der Waals surface area contributed by atoms with E-state index in [4.69, 9.17) is 0 Å². The molecule has 4 rings (SSSR count). The van der Waals surface area contributed by atoms with E-state index < -0.39 is 0 Å². The summed E-state index contributed by atoms with van der Waals surface area (Å²) < 4.78 is 17.1. The van der Waals surface area contributed by atoms with Crippen molar-refractivity contribution in [3.8, 4) is 17.1 Å². The Morgan fingerprint density at radius 3 is 2.58 bits per heavy atom. The Bertz CT molecular complexity index is 1230. The fourth-order valence-corrected chi connectivity index (χ4v) is 4.15. The lowest BCUT2D eigenvalue weighted by Crippen LogP contribution is -2.14. The number of thioether (sulfide) groups is 1. The largest absolute Gasteiger partial charge is 0.325 e. The van der Waals surface area contributed by atoms with Crippen LogP contribution < -0.4 is 5.32 Å². The van der Waals surface area contributed by atoms with Gasteiger partial charge in [-0.05, 0) is 49.4 Å². The summed E-state index contributed by atoms with van der Waals surface area (Å²) in [6.07, 6.45) is 0. The molecule has 156 valence electrons. The minimum absolute atomic E-state index is 0.133. The fourth-order valence-electron chi connectivity index (χ4n) is 3.00. The van der Waals surface area contributed by atoms with Gasteiger partial charge in [-0.15, -0.1) is 10.2 Å². The van der Waals surface area contributed by atoms with Crippen molar-refractivity contribution in [2.24, 2.45) is 0 Å². The van der Waals surface area contributed by atoms with Crippen molar-refractivity contribution < 1.29 is 9.18 Å². The van der Waals surface area contributed by atoms with E-state index >= 15 is 0 Å². The highest BCUT2D eigenvalue weighted by Gasteiger charge is 2.19. The number of carbonyl (C=O) groups excluding carboxylic acids is 1. The molecule has 8 heteroatoms. The second-order valence-electron chi connectivity index (χ2n) is 6.80. The van der Waals surface area contributed by atoms with Crippen LogP contribution in [0.25, 0.3) is 17.1 Å². The van der Waals surface area contributed by atoms with Crippen LogP contribution in [0.2, 0.25) is 0 Å². The smallest absolute Gasteiger partial charge is 0.234 e. The molecule has 0 fully saturated rings. The predicted molar refractivity (Wildman–Crippen MR) is 125 cm³/mol. The molecule has 1 heterocycles. The van der Waals surface area contributed by atoms with Crippen molar-refractivity contribution in [3.05, 3.63) is 88.6 Å². The van der Waals surface area contributed by atoms with E-state index in [0.29, 0.717) is 22.2 Å². The number of hydrogen-bond acceptors (Lipinski definition) is 4. The highest BCUT2D eigenvalue weighted by atomic mass is 79.9. The predicted octanol–water partition coefficient (Wildman–Crippen LogP) is 5.88. The Morgan fingerprint density at radius 2 is 1.84 bits per heavy atom. The van der Waals surface area contributed by atoms with Crippen molar-refractivity contribution in [1.29, 1.82) is 0 Å². The van der Waals surface area contributed by atoms with Gasteiger partial charge in [-0.2, -0.15) is 0 Å². The Kier molecular flexibility index (Phi) is 6.48. The van der Waals surface area contributed by atoms with Crippen LogP contribution in [0.4, 0.5) is 10.1 Å². The van der Waals surface area contributed by atoms with Gasteiger partial charge in [-0.1, -0.05) is 63.6 Å². The zero-order valence-electron chi connectivity index (χ0n) is 16.5. The summed E-state index contributed by atoms with van der Waals surface area (Å²) in [5.41, 5.74) is 2.95. The molecule has 0 aliphatic carbocycles. The number of benzene rings is 3. The molecule has 0 unspecified atom stereocenters. The van der Waals surface area contributed by atoms with Crippen molar-refractivity contribution in [1.82, 2.24) is 14.8 Å². The summed E-state index contributed by atoms with van der Waals surface area (Å²) in [5.74, 6) is -0.0357. The number of hydrogen-bond donors (Lipinski definition) is 1. The maximum atomic E-state index is 14.5. The van der Waals surface area contributed by atoms with Gasteiger partial charge in [-0.25, -0.2) is 4.39 Å². The van der Waals surface area contributed by atoms with Gasteiger partial charge in [-0.3, -0.25) is 9.36 Å². The molecule has 0 radical (unpaired) electrons. The fraction of sp³-hybridized carbons (Fsp3) is 0.0870. The van der Waals surface area contributed by atoms with Gasteiger partial charge in [0.25, 0.3) is 0 Å². The van der Waals surface area contributed by atoms with E-state index in [1.807, 2.05) is 55.5 Å². The first-order chi connectivity index (χ1) is 15.0. The average Bonchev–Trinajstić information content (AvgIpc) is 3.17. The highest BCUT2D eigenvalue weighted by molar-refractivity contribution is 9.10. The highest BCUT2D eigenvalue weighted by Crippen LogP contribution is 2.29. The van der Waals surface area contributed by atoms with Crippen LogP contribution in [0.1, 0.15) is 5.56 Å². The van der Waals surface area contributed by atoms with Gasteiger partial charge in [0.15, 0.2) is 11.0 Å². The normalized spacial score (nSPS) is 10.8. The lowest BCUT2D eigenvalue weighted by molar-refractivity contribution is -0.113. The van der Waals surface area contributed by atoms with E-state index in [-0.39, 0.29) is 17.5 Å². The summed E-state index contributed by atoms with van der Waals surface area (Å²) >= 11 is 4.63. The molecule has 4 aromatic rings. The van der Waals surface area contributed by atoms with Gasteiger partial charge < -0.3 is 5.32 Å². The van der Waals surface area contributed by atoms with Crippen molar-refractivity contribution in [3.63, 3.8) is 0 Å². The minimum atomic E-state index is -0.382. The first-order valence-electron chi connectivity index (χ1n) is 9.47. The van der Waals surface area contributed by atoms with Crippen LogP contribution >= 0.6 is 27.7 Å². The second kappa shape index (κ2) is 9.45. The molecule has 3 aromatic carbocycles. The molecule has 31 heavy (non-hydrogen) atoms. The zero-order chi connectivity index (χ0) is 21.8. The van der Waals surface area contributed by atoms with Gasteiger partial charge in [0.1, 0.15) is 5.82 Å². The first-order valence-corrected chi connectivity index (χ1v) is 11.2. The Labute approximate surface area is 191 Å². The summed E-state index contributed by atoms with van der Waals surface area (Å²) in [7, 11) is 0. The van der Waals surface area contributed by atoms with Gasteiger partial charge in [0.2, 0.25) is 5.91 Å². The van der Waals surface area contributed by atoms with Crippen LogP contribution in [0.3, 0.4) is 0 Å². The summed E-state index contributed by atoms with van der Waals surface area (Å²) in [6, 6.07) is 21.6. The molecule has 0 spiro atoms. The number of halogens is 2. The van der Waals surface area contributed by atoms with E-state index in [0.717, 1.165) is 15.7 Å². The van der Waals surface area contributed by atoms with Gasteiger partial charge in [0, 0.05) is 15.8 Å². The third-order valence-corrected chi connectivity index (χ3v) is 5.90. The van der Waals surface area contributed by atoms with E-state index in [1.54, 1.807) is 22.8 Å². The minimum Gasteiger partial charge on any atom is -0.325 e. The van der Waals surface area contributed by atoms with Crippen molar-refractivity contribution >= 4 is 39.3 Å². The molecule has 0 aliphatic rings. The number of anilines is 1. The summed E-state index contributed by atoms with van der Waals surface area (Å²) in [4.78, 5) is 12.5. The number of aryl methyl sites for hydroxylation is 1. The number of aromatic nitrogens is 3. The third-order valence-electron chi connectivity index (χ3n) is 4.48. The lowest BCUT2D eigenvalue weighted by atomic mass is 10.2. The molecule has 0 aliphatic heterocycles. The Morgan fingerprint density at radius 1 is 1.06 bits per heavy atom. The van der Waals surface area contributed by atoms with Crippen LogP contribution in [0.15, 0.2) is 82.4 Å². The SMILES string of the molecule is Cc1ccc(-n2c(SCC(=O)Nc3cccc(Br)c3)nnc2-c2ccccc2F)cc1. The van der Waals surface area contributed by atoms with Crippen LogP contribution in [-0.2, 0) is 4.79 Å².